The zero-order chi connectivity index (χ0) is 21.7. The molecule has 1 N–H and O–H groups in total. The van der Waals surface area contributed by atoms with Crippen LogP contribution in [0, 0.1) is 57.2 Å². The van der Waals surface area contributed by atoms with Crippen LogP contribution >= 0.6 is 0 Å². The second-order valence-corrected chi connectivity index (χ2v) is 13.9. The third-order valence-electron chi connectivity index (χ3n) is 12.8. The van der Waals surface area contributed by atoms with Gasteiger partial charge in [0.2, 0.25) is 0 Å². The normalized spacial score (nSPS) is 57.3. The third-order valence-corrected chi connectivity index (χ3v) is 12.8. The van der Waals surface area contributed by atoms with Crippen molar-refractivity contribution in [1.29, 1.82) is 0 Å². The van der Waals surface area contributed by atoms with Crippen molar-refractivity contribution in [2.45, 2.75) is 112 Å². The second-order valence-electron chi connectivity index (χ2n) is 13.9. The lowest BCUT2D eigenvalue weighted by Gasteiger charge is -2.70. The highest BCUT2D eigenvalue weighted by Crippen LogP contribution is 2.74. The number of rotatable bonds is 0. The van der Waals surface area contributed by atoms with Crippen LogP contribution in [0.4, 0.5) is 0 Å². The number of allylic oxidation sites excluding steroid dienone is 2. The zero-order valence-electron chi connectivity index (χ0n) is 20.9. The van der Waals surface area contributed by atoms with E-state index in [0.29, 0.717) is 22.2 Å². The van der Waals surface area contributed by atoms with E-state index in [4.69, 9.17) is 0 Å². The van der Waals surface area contributed by atoms with Crippen molar-refractivity contribution in [2.75, 3.05) is 0 Å². The molecule has 10 atom stereocenters. The lowest BCUT2D eigenvalue weighted by Crippen LogP contribution is -2.64. The fraction of sp³-hybridized carbons (Fsp3) is 0.931. The minimum atomic E-state index is -0.120. The van der Waals surface area contributed by atoms with Crippen LogP contribution < -0.4 is 0 Å². The molecule has 30 heavy (non-hydrogen) atoms. The Morgan fingerprint density at radius 1 is 0.833 bits per heavy atom. The van der Waals surface area contributed by atoms with Gasteiger partial charge in [-0.3, -0.25) is 0 Å². The smallest absolute Gasteiger partial charge is 0.0594 e. The molecule has 0 saturated heterocycles. The van der Waals surface area contributed by atoms with Gasteiger partial charge in [0, 0.05) is 0 Å². The summed E-state index contributed by atoms with van der Waals surface area (Å²) < 4.78 is 0. The highest BCUT2D eigenvalue weighted by atomic mass is 16.3. The van der Waals surface area contributed by atoms with Crippen molar-refractivity contribution >= 4 is 0 Å². The van der Waals surface area contributed by atoms with Crippen LogP contribution in [0.1, 0.15) is 106 Å². The first kappa shape index (κ1) is 21.5. The lowest BCUT2D eigenvalue weighted by atomic mass is 9.34. The first-order valence-electron chi connectivity index (χ1n) is 13.4. The molecule has 1 nitrogen and oxygen atoms in total. The van der Waals surface area contributed by atoms with E-state index in [-0.39, 0.29) is 11.5 Å². The van der Waals surface area contributed by atoms with Gasteiger partial charge in [-0.05, 0) is 109 Å². The Hall–Kier alpha value is -0.300. The van der Waals surface area contributed by atoms with Crippen LogP contribution in [0.25, 0.3) is 0 Å². The van der Waals surface area contributed by atoms with Gasteiger partial charge in [0.05, 0.1) is 6.10 Å². The summed E-state index contributed by atoms with van der Waals surface area (Å²) >= 11 is 0. The molecular formula is C29H48O. The maximum absolute atomic E-state index is 10.9. The predicted molar refractivity (Wildman–Crippen MR) is 126 cm³/mol. The van der Waals surface area contributed by atoms with Crippen molar-refractivity contribution in [2.24, 2.45) is 57.2 Å². The minimum Gasteiger partial charge on any atom is -0.393 e. The molecule has 0 bridgehead atoms. The number of fused-ring (bicyclic) bond motifs is 7. The van der Waals surface area contributed by atoms with E-state index in [1.54, 1.807) is 0 Å². The Labute approximate surface area is 186 Å². The lowest BCUT2D eigenvalue weighted by molar-refractivity contribution is -0.200. The average molecular weight is 413 g/mol. The van der Waals surface area contributed by atoms with Crippen LogP contribution in [-0.2, 0) is 0 Å². The molecule has 4 fully saturated rings. The fourth-order valence-corrected chi connectivity index (χ4v) is 10.5. The van der Waals surface area contributed by atoms with Crippen molar-refractivity contribution in [3.8, 4) is 0 Å². The van der Waals surface area contributed by atoms with Crippen molar-refractivity contribution in [3.63, 3.8) is 0 Å². The standard InChI is InChI=1S/C29H48O/c1-18-8-9-20-12-16-28(6)21(25(20)19(18)2)10-11-23-27(5)15-14-24(30)26(3,4)22(27)13-17-29(23,28)7/h10,18-20,22-25,30H,8-9,11-17H2,1-7H3/t18-,19+,20-,22+,23-,24-,25-,27+,28-,29-/m1/s1. The summed E-state index contributed by atoms with van der Waals surface area (Å²) in [7, 11) is 0. The summed E-state index contributed by atoms with van der Waals surface area (Å²) in [5, 5.41) is 10.9. The summed E-state index contributed by atoms with van der Waals surface area (Å²) in [6, 6.07) is 0. The molecule has 0 heterocycles. The zero-order valence-corrected chi connectivity index (χ0v) is 20.9. The van der Waals surface area contributed by atoms with Gasteiger partial charge in [0.15, 0.2) is 0 Å². The second kappa shape index (κ2) is 6.61. The molecule has 0 aromatic carbocycles. The third kappa shape index (κ3) is 2.51. The SMILES string of the molecule is C[C@@H]1[C@H]2C3=CC[C@@H]4[C@@]5(C)CC[C@@H](O)C(C)(C)[C@@H]5CC[C@@]4(C)[C@]3(C)CC[C@H]2CC[C@H]1C. The Bertz CT molecular complexity index is 733. The largest absolute Gasteiger partial charge is 0.393 e. The molecule has 1 heteroatoms. The molecule has 0 radical (unpaired) electrons. The maximum atomic E-state index is 10.9. The van der Waals surface area contributed by atoms with Crippen molar-refractivity contribution in [1.82, 2.24) is 0 Å². The Morgan fingerprint density at radius 3 is 2.30 bits per heavy atom. The average Bonchev–Trinajstić information content (AvgIpc) is 2.68. The predicted octanol–water partition coefficient (Wildman–Crippen LogP) is 7.63. The van der Waals surface area contributed by atoms with Gasteiger partial charge in [0.25, 0.3) is 0 Å². The van der Waals surface area contributed by atoms with Gasteiger partial charge >= 0.3 is 0 Å². The van der Waals surface area contributed by atoms with Crippen molar-refractivity contribution < 1.29 is 5.11 Å². The molecule has 0 aromatic rings. The fourth-order valence-electron chi connectivity index (χ4n) is 10.5. The molecule has 0 aromatic heterocycles. The van der Waals surface area contributed by atoms with Gasteiger partial charge in [0.1, 0.15) is 0 Å². The van der Waals surface area contributed by atoms with Crippen molar-refractivity contribution in [3.05, 3.63) is 11.6 Å². The molecule has 0 amide bonds. The summed E-state index contributed by atoms with van der Waals surface area (Å²) in [6.07, 6.45) is 14.7. The molecule has 4 saturated carbocycles. The van der Waals surface area contributed by atoms with Gasteiger partial charge in [-0.2, -0.15) is 0 Å². The Morgan fingerprint density at radius 2 is 1.57 bits per heavy atom. The summed E-state index contributed by atoms with van der Waals surface area (Å²) in [6.45, 7) is 17.9. The molecule has 5 aliphatic carbocycles. The first-order chi connectivity index (χ1) is 14.0. The molecule has 0 spiro atoms. The van der Waals surface area contributed by atoms with E-state index in [0.717, 1.165) is 36.0 Å². The summed E-state index contributed by atoms with van der Waals surface area (Å²) in [5.41, 5.74) is 3.14. The van der Waals surface area contributed by atoms with E-state index >= 15 is 0 Å². The Kier molecular flexibility index (Phi) is 4.75. The van der Waals surface area contributed by atoms with Gasteiger partial charge in [-0.1, -0.05) is 66.5 Å². The number of aliphatic hydroxyl groups is 1. The molecular weight excluding hydrogens is 364 g/mol. The van der Waals surface area contributed by atoms with E-state index in [9.17, 15) is 5.11 Å². The molecule has 5 aliphatic rings. The topological polar surface area (TPSA) is 20.2 Å². The molecule has 5 rings (SSSR count). The monoisotopic (exact) mass is 412 g/mol. The van der Waals surface area contributed by atoms with Crippen LogP contribution in [0.2, 0.25) is 0 Å². The van der Waals surface area contributed by atoms with Crippen LogP contribution in [0.3, 0.4) is 0 Å². The molecule has 0 aliphatic heterocycles. The number of aliphatic hydroxyl groups excluding tert-OH is 1. The quantitative estimate of drug-likeness (QED) is 0.405. The van der Waals surface area contributed by atoms with E-state index < -0.39 is 0 Å². The van der Waals surface area contributed by atoms with Crippen LogP contribution in [0.15, 0.2) is 11.6 Å². The highest BCUT2D eigenvalue weighted by Gasteiger charge is 2.66. The van der Waals surface area contributed by atoms with Gasteiger partial charge < -0.3 is 5.11 Å². The maximum Gasteiger partial charge on any atom is 0.0594 e. The van der Waals surface area contributed by atoms with E-state index in [2.05, 4.69) is 54.5 Å². The summed E-state index contributed by atoms with van der Waals surface area (Å²) in [5.74, 6) is 4.97. The highest BCUT2D eigenvalue weighted by molar-refractivity contribution is 5.32. The van der Waals surface area contributed by atoms with Crippen LogP contribution in [-0.4, -0.2) is 11.2 Å². The minimum absolute atomic E-state index is 0.0597. The number of hydrogen-bond acceptors (Lipinski definition) is 1. The van der Waals surface area contributed by atoms with Gasteiger partial charge in [-0.25, -0.2) is 0 Å². The first-order valence-corrected chi connectivity index (χ1v) is 13.4. The van der Waals surface area contributed by atoms with E-state index in [1.807, 2.05) is 5.57 Å². The van der Waals surface area contributed by atoms with Crippen LogP contribution in [0.5, 0.6) is 0 Å². The Balaban J connectivity index is 1.57. The van der Waals surface area contributed by atoms with E-state index in [1.165, 1.54) is 51.4 Å². The number of hydrogen-bond donors (Lipinski definition) is 1. The molecule has 0 unspecified atom stereocenters. The van der Waals surface area contributed by atoms with Gasteiger partial charge in [-0.15, -0.1) is 0 Å². The summed E-state index contributed by atoms with van der Waals surface area (Å²) in [4.78, 5) is 0. The molecule has 170 valence electrons.